The number of fused-ring (bicyclic) bond motifs is 1. The predicted octanol–water partition coefficient (Wildman–Crippen LogP) is 4.37. The summed E-state index contributed by atoms with van der Waals surface area (Å²) in [6, 6.07) is 16.5. The summed E-state index contributed by atoms with van der Waals surface area (Å²) in [6.07, 6.45) is 2.35. The number of rotatable bonds is 4. The fraction of sp³-hybridized carbons (Fsp3) is 0.136. The van der Waals surface area contributed by atoms with E-state index in [0.29, 0.717) is 27.7 Å². The lowest BCUT2D eigenvalue weighted by Gasteiger charge is -2.10. The molecule has 0 saturated carbocycles. The molecular formula is C22H18N2O4. The van der Waals surface area contributed by atoms with Gasteiger partial charge in [0.2, 0.25) is 0 Å². The van der Waals surface area contributed by atoms with Gasteiger partial charge in [-0.3, -0.25) is 0 Å². The van der Waals surface area contributed by atoms with Crippen LogP contribution in [0.25, 0.3) is 28.2 Å². The number of carbonyl (C=O) groups excluding carboxylic acids is 2. The molecule has 0 spiro atoms. The highest BCUT2D eigenvalue weighted by atomic mass is 16.5. The standard InChI is InChI=1S/C22H18N2O4/c1-3-28-22(26)24-19-13-15(14-23)9-10-17(19)18(11-12-20(25)27-2)21(24)16-7-5-4-6-8-16/h4-13H,3H2,1-2H3/b12-11+. The summed E-state index contributed by atoms with van der Waals surface area (Å²) < 4.78 is 11.4. The molecule has 140 valence electrons. The lowest BCUT2D eigenvalue weighted by molar-refractivity contribution is -0.134. The van der Waals surface area contributed by atoms with Crippen LogP contribution in [0.3, 0.4) is 0 Å². The Labute approximate surface area is 162 Å². The van der Waals surface area contributed by atoms with Gasteiger partial charge < -0.3 is 9.47 Å². The van der Waals surface area contributed by atoms with Crippen LogP contribution in [0.2, 0.25) is 0 Å². The second-order valence-corrected chi connectivity index (χ2v) is 5.86. The first-order valence-corrected chi connectivity index (χ1v) is 8.67. The van der Waals surface area contributed by atoms with Crippen molar-refractivity contribution in [3.05, 3.63) is 65.7 Å². The minimum Gasteiger partial charge on any atom is -0.466 e. The highest BCUT2D eigenvalue weighted by molar-refractivity contribution is 6.05. The smallest absolute Gasteiger partial charge is 0.418 e. The summed E-state index contributed by atoms with van der Waals surface area (Å²) in [5, 5.41) is 9.99. The quantitative estimate of drug-likeness (QED) is 0.500. The highest BCUT2D eigenvalue weighted by Crippen LogP contribution is 2.35. The first kappa shape index (κ1) is 18.9. The van der Waals surface area contributed by atoms with Crippen LogP contribution in [0.4, 0.5) is 4.79 Å². The highest BCUT2D eigenvalue weighted by Gasteiger charge is 2.22. The summed E-state index contributed by atoms with van der Waals surface area (Å²) in [4.78, 5) is 24.5. The predicted molar refractivity (Wildman–Crippen MR) is 106 cm³/mol. The Balaban J connectivity index is 2.41. The van der Waals surface area contributed by atoms with Gasteiger partial charge in [0.1, 0.15) is 0 Å². The fourth-order valence-electron chi connectivity index (χ4n) is 3.03. The molecule has 0 fully saturated rings. The van der Waals surface area contributed by atoms with E-state index in [9.17, 15) is 14.9 Å². The van der Waals surface area contributed by atoms with Gasteiger partial charge in [0, 0.05) is 17.0 Å². The average molecular weight is 374 g/mol. The summed E-state index contributed by atoms with van der Waals surface area (Å²) in [5.74, 6) is -0.510. The van der Waals surface area contributed by atoms with Gasteiger partial charge in [-0.15, -0.1) is 0 Å². The summed E-state index contributed by atoms with van der Waals surface area (Å²) >= 11 is 0. The molecule has 0 aliphatic heterocycles. The normalized spacial score (nSPS) is 10.8. The largest absolute Gasteiger partial charge is 0.466 e. The number of nitriles is 1. The summed E-state index contributed by atoms with van der Waals surface area (Å²) in [6.45, 7) is 1.93. The second-order valence-electron chi connectivity index (χ2n) is 5.86. The fourth-order valence-corrected chi connectivity index (χ4v) is 3.03. The molecular weight excluding hydrogens is 356 g/mol. The molecule has 1 heterocycles. The zero-order chi connectivity index (χ0) is 20.1. The van der Waals surface area contributed by atoms with E-state index < -0.39 is 12.1 Å². The van der Waals surface area contributed by atoms with Crippen molar-refractivity contribution in [2.45, 2.75) is 6.92 Å². The molecule has 0 amide bonds. The van der Waals surface area contributed by atoms with Crippen LogP contribution in [-0.2, 0) is 14.3 Å². The second kappa shape index (κ2) is 8.23. The Bertz CT molecular complexity index is 1110. The summed E-state index contributed by atoms with van der Waals surface area (Å²) in [5.41, 5.74) is 2.95. The number of aromatic nitrogens is 1. The van der Waals surface area contributed by atoms with Crippen molar-refractivity contribution in [2.24, 2.45) is 0 Å². The maximum atomic E-state index is 12.8. The van der Waals surface area contributed by atoms with E-state index in [1.54, 1.807) is 31.2 Å². The number of carbonyl (C=O) groups is 2. The molecule has 3 rings (SSSR count). The van der Waals surface area contributed by atoms with Crippen LogP contribution in [-0.4, -0.2) is 30.3 Å². The first-order chi connectivity index (χ1) is 13.6. The molecule has 0 radical (unpaired) electrons. The molecule has 3 aromatic rings. The Morgan fingerprint density at radius 1 is 1.18 bits per heavy atom. The van der Waals surface area contributed by atoms with Gasteiger partial charge in [-0.2, -0.15) is 5.26 Å². The number of ether oxygens (including phenoxy) is 2. The number of benzene rings is 2. The maximum absolute atomic E-state index is 12.8. The van der Waals surface area contributed by atoms with Crippen LogP contribution in [0.1, 0.15) is 18.1 Å². The Morgan fingerprint density at radius 3 is 2.57 bits per heavy atom. The number of hydrogen-bond donors (Lipinski definition) is 0. The molecule has 0 unspecified atom stereocenters. The third kappa shape index (κ3) is 3.51. The van der Waals surface area contributed by atoms with Crippen molar-refractivity contribution in [3.63, 3.8) is 0 Å². The Hall–Kier alpha value is -3.85. The molecule has 0 bridgehead atoms. The number of esters is 1. The molecule has 6 nitrogen and oxygen atoms in total. The topological polar surface area (TPSA) is 81.3 Å². The molecule has 0 atom stereocenters. The van der Waals surface area contributed by atoms with Gasteiger partial charge in [0.25, 0.3) is 0 Å². The monoisotopic (exact) mass is 374 g/mol. The minimum absolute atomic E-state index is 0.206. The molecule has 0 aliphatic rings. The number of methoxy groups -OCH3 is 1. The molecule has 1 aromatic heterocycles. The number of hydrogen-bond acceptors (Lipinski definition) is 5. The molecule has 0 saturated heterocycles. The van der Waals surface area contributed by atoms with Gasteiger partial charge >= 0.3 is 12.1 Å². The zero-order valence-electron chi connectivity index (χ0n) is 15.5. The zero-order valence-corrected chi connectivity index (χ0v) is 15.5. The van der Waals surface area contributed by atoms with Gasteiger partial charge in [-0.25, -0.2) is 14.2 Å². The van der Waals surface area contributed by atoms with E-state index in [1.807, 2.05) is 30.3 Å². The van der Waals surface area contributed by atoms with Gasteiger partial charge in [0.05, 0.1) is 36.6 Å². The van der Waals surface area contributed by atoms with Crippen molar-refractivity contribution < 1.29 is 19.1 Å². The van der Waals surface area contributed by atoms with Crippen molar-refractivity contribution in [3.8, 4) is 17.3 Å². The van der Waals surface area contributed by atoms with E-state index >= 15 is 0 Å². The van der Waals surface area contributed by atoms with Crippen molar-refractivity contribution in [1.82, 2.24) is 4.57 Å². The SMILES string of the molecule is CCOC(=O)n1c(-c2ccccc2)c(/C=C/C(=O)OC)c2ccc(C#N)cc21. The van der Waals surface area contributed by atoms with Crippen LogP contribution in [0.15, 0.2) is 54.6 Å². The van der Waals surface area contributed by atoms with Crippen LogP contribution >= 0.6 is 0 Å². The van der Waals surface area contributed by atoms with Gasteiger partial charge in [-0.05, 0) is 30.7 Å². The van der Waals surface area contributed by atoms with Crippen LogP contribution in [0.5, 0.6) is 0 Å². The van der Waals surface area contributed by atoms with Crippen molar-refractivity contribution >= 4 is 29.0 Å². The van der Waals surface area contributed by atoms with E-state index in [-0.39, 0.29) is 6.61 Å². The molecule has 28 heavy (non-hydrogen) atoms. The molecule has 2 aromatic carbocycles. The first-order valence-electron chi connectivity index (χ1n) is 8.67. The Morgan fingerprint density at radius 2 is 1.93 bits per heavy atom. The Kier molecular flexibility index (Phi) is 5.56. The van der Waals surface area contributed by atoms with Crippen molar-refractivity contribution in [1.29, 1.82) is 5.26 Å². The van der Waals surface area contributed by atoms with E-state index in [4.69, 9.17) is 9.47 Å². The van der Waals surface area contributed by atoms with Crippen LogP contribution in [0, 0.1) is 11.3 Å². The molecule has 0 aliphatic carbocycles. The third-order valence-corrected chi connectivity index (χ3v) is 4.22. The minimum atomic E-state index is -0.556. The van der Waals surface area contributed by atoms with Gasteiger partial charge in [-0.1, -0.05) is 36.4 Å². The van der Waals surface area contributed by atoms with Gasteiger partial charge in [0.15, 0.2) is 0 Å². The third-order valence-electron chi connectivity index (χ3n) is 4.22. The lowest BCUT2D eigenvalue weighted by atomic mass is 10.0. The lowest BCUT2D eigenvalue weighted by Crippen LogP contribution is -2.14. The number of nitrogens with zero attached hydrogens (tertiary/aromatic N) is 2. The van der Waals surface area contributed by atoms with E-state index in [0.717, 1.165) is 5.56 Å². The molecule has 0 N–H and O–H groups in total. The van der Waals surface area contributed by atoms with Crippen LogP contribution < -0.4 is 0 Å². The molecule has 6 heteroatoms. The van der Waals surface area contributed by atoms with Crippen molar-refractivity contribution in [2.75, 3.05) is 13.7 Å². The summed E-state index contributed by atoms with van der Waals surface area (Å²) in [7, 11) is 1.30. The van der Waals surface area contributed by atoms with E-state index in [2.05, 4.69) is 6.07 Å². The average Bonchev–Trinajstić information content (AvgIpc) is 3.06. The van der Waals surface area contributed by atoms with E-state index in [1.165, 1.54) is 17.8 Å². The maximum Gasteiger partial charge on any atom is 0.418 e.